The molecule has 118 valence electrons. The first-order valence-electron chi connectivity index (χ1n) is 8.50. The van der Waals surface area contributed by atoms with Crippen LogP contribution in [0.3, 0.4) is 0 Å². The number of hydrogen-bond acceptors (Lipinski definition) is 5. The number of hydrogen-bond donors (Lipinski definition) is 1. The number of nitrogens with zero attached hydrogens (tertiary/aromatic N) is 4. The minimum atomic E-state index is 0.446. The van der Waals surface area contributed by atoms with Gasteiger partial charge in [-0.25, -0.2) is 0 Å². The van der Waals surface area contributed by atoms with Crippen LogP contribution in [-0.4, -0.2) is 35.9 Å². The van der Waals surface area contributed by atoms with Gasteiger partial charge in [0.05, 0.1) is 11.2 Å². The van der Waals surface area contributed by atoms with E-state index in [1.165, 1.54) is 32.2 Å². The van der Waals surface area contributed by atoms with Crippen LogP contribution in [0.1, 0.15) is 31.4 Å². The summed E-state index contributed by atoms with van der Waals surface area (Å²) in [6.07, 6.45) is 4.98. The van der Waals surface area contributed by atoms with Gasteiger partial charge in [-0.3, -0.25) is 0 Å². The topological polar surface area (TPSA) is 64.8 Å². The fraction of sp³-hybridized carbons (Fsp3) is 0.500. The Hall–Kier alpha value is -2.19. The Morgan fingerprint density at radius 1 is 1.13 bits per heavy atom. The van der Waals surface area contributed by atoms with Crippen molar-refractivity contribution in [3.63, 3.8) is 0 Å². The van der Waals surface area contributed by atoms with E-state index in [1.807, 2.05) is 24.3 Å². The van der Waals surface area contributed by atoms with Crippen molar-refractivity contribution in [1.82, 2.24) is 15.5 Å². The van der Waals surface area contributed by atoms with E-state index in [1.54, 1.807) is 0 Å². The molecule has 4 rings (SSSR count). The van der Waals surface area contributed by atoms with Crippen molar-refractivity contribution < 1.29 is 0 Å². The molecule has 0 aliphatic carbocycles. The summed E-state index contributed by atoms with van der Waals surface area (Å²) in [5.74, 6) is 0.764. The summed E-state index contributed by atoms with van der Waals surface area (Å²) in [5.41, 5.74) is 2.28. The lowest BCUT2D eigenvalue weighted by Gasteiger charge is -2.36. The number of piperidine rings is 1. The number of nitrogens with one attached hydrogen (secondary N) is 1. The lowest BCUT2D eigenvalue weighted by Crippen LogP contribution is -2.41. The van der Waals surface area contributed by atoms with E-state index < -0.39 is 0 Å². The molecule has 0 radical (unpaired) electrons. The average Bonchev–Trinajstić information content (AvgIpc) is 3.15. The van der Waals surface area contributed by atoms with E-state index >= 15 is 0 Å². The highest BCUT2D eigenvalue weighted by molar-refractivity contribution is 5.93. The van der Waals surface area contributed by atoms with E-state index in [9.17, 15) is 5.26 Å². The minimum Gasteiger partial charge on any atom is -0.369 e. The standard InChI is InChI=1S/C18H21N5/c19-12-17-18(14-4-1-2-5-16(14)21-22-17)23-10-7-13(8-11-23)15-6-3-9-20-15/h1-2,4-5,13,15,20H,3,6-11H2. The van der Waals surface area contributed by atoms with Crippen molar-refractivity contribution in [3.05, 3.63) is 30.0 Å². The Kier molecular flexibility index (Phi) is 3.84. The molecule has 1 aromatic heterocycles. The van der Waals surface area contributed by atoms with Gasteiger partial charge in [-0.15, -0.1) is 10.2 Å². The molecular formula is C18H21N5. The van der Waals surface area contributed by atoms with Crippen LogP contribution in [0, 0.1) is 17.2 Å². The second kappa shape index (κ2) is 6.13. The van der Waals surface area contributed by atoms with Gasteiger partial charge in [0.2, 0.25) is 0 Å². The molecule has 1 aromatic carbocycles. The maximum atomic E-state index is 9.44. The number of aromatic nitrogens is 2. The Morgan fingerprint density at radius 3 is 2.70 bits per heavy atom. The molecule has 2 aliphatic rings. The van der Waals surface area contributed by atoms with Crippen LogP contribution in [0.15, 0.2) is 24.3 Å². The third-order valence-electron chi connectivity index (χ3n) is 5.27. The van der Waals surface area contributed by atoms with Crippen LogP contribution in [0.2, 0.25) is 0 Å². The van der Waals surface area contributed by atoms with Gasteiger partial charge in [0.1, 0.15) is 6.07 Å². The van der Waals surface area contributed by atoms with E-state index in [-0.39, 0.29) is 0 Å². The summed E-state index contributed by atoms with van der Waals surface area (Å²) in [5, 5.41) is 22.4. The van der Waals surface area contributed by atoms with Gasteiger partial charge in [0.15, 0.2) is 5.69 Å². The predicted molar refractivity (Wildman–Crippen MR) is 90.2 cm³/mol. The molecule has 1 N–H and O–H groups in total. The summed E-state index contributed by atoms with van der Waals surface area (Å²) in [6.45, 7) is 3.16. The largest absolute Gasteiger partial charge is 0.369 e. The quantitative estimate of drug-likeness (QED) is 0.923. The van der Waals surface area contributed by atoms with Gasteiger partial charge >= 0.3 is 0 Å². The zero-order valence-corrected chi connectivity index (χ0v) is 13.2. The summed E-state index contributed by atoms with van der Waals surface area (Å²) < 4.78 is 0. The lowest BCUT2D eigenvalue weighted by atomic mass is 9.88. The number of rotatable bonds is 2. The van der Waals surface area contributed by atoms with Gasteiger partial charge in [0, 0.05) is 24.5 Å². The van der Waals surface area contributed by atoms with Crippen molar-refractivity contribution in [2.45, 2.75) is 31.7 Å². The molecule has 3 heterocycles. The second-order valence-electron chi connectivity index (χ2n) is 6.55. The van der Waals surface area contributed by atoms with Crippen LogP contribution in [0.25, 0.3) is 10.9 Å². The smallest absolute Gasteiger partial charge is 0.187 e. The average molecular weight is 307 g/mol. The molecule has 2 aliphatic heterocycles. The molecule has 23 heavy (non-hydrogen) atoms. The molecule has 5 nitrogen and oxygen atoms in total. The maximum absolute atomic E-state index is 9.44. The number of benzene rings is 1. The third kappa shape index (κ3) is 2.64. The lowest BCUT2D eigenvalue weighted by molar-refractivity contribution is 0.319. The van der Waals surface area contributed by atoms with Gasteiger partial charge in [-0.1, -0.05) is 18.2 Å². The number of nitriles is 1. The molecule has 0 spiro atoms. The fourth-order valence-corrected chi connectivity index (χ4v) is 4.07. The van der Waals surface area contributed by atoms with Crippen molar-refractivity contribution in [2.24, 2.45) is 5.92 Å². The highest BCUT2D eigenvalue weighted by Gasteiger charge is 2.29. The zero-order valence-electron chi connectivity index (χ0n) is 13.2. The molecule has 1 atom stereocenters. The van der Waals surface area contributed by atoms with Crippen LogP contribution in [0.4, 0.5) is 5.69 Å². The monoisotopic (exact) mass is 307 g/mol. The summed E-state index contributed by atoms with van der Waals surface area (Å²) in [7, 11) is 0. The summed E-state index contributed by atoms with van der Waals surface area (Å²) in [4.78, 5) is 2.33. The van der Waals surface area contributed by atoms with Crippen LogP contribution in [-0.2, 0) is 0 Å². The number of fused-ring (bicyclic) bond motifs is 1. The van der Waals surface area contributed by atoms with Crippen molar-refractivity contribution in [3.8, 4) is 6.07 Å². The Morgan fingerprint density at radius 2 is 1.96 bits per heavy atom. The van der Waals surface area contributed by atoms with Crippen molar-refractivity contribution in [1.29, 1.82) is 5.26 Å². The normalized spacial score (nSPS) is 22.4. The SMILES string of the molecule is N#Cc1nnc2ccccc2c1N1CCC(C2CCCN2)CC1. The Balaban J connectivity index is 1.61. The van der Waals surface area contributed by atoms with Crippen LogP contribution >= 0.6 is 0 Å². The summed E-state index contributed by atoms with van der Waals surface area (Å²) in [6, 6.07) is 10.9. The highest BCUT2D eigenvalue weighted by atomic mass is 15.2. The Labute approximate surface area is 136 Å². The Bertz CT molecular complexity index is 737. The minimum absolute atomic E-state index is 0.446. The predicted octanol–water partition coefficient (Wildman–Crippen LogP) is 2.47. The van der Waals surface area contributed by atoms with Crippen molar-refractivity contribution in [2.75, 3.05) is 24.5 Å². The van der Waals surface area contributed by atoms with Crippen LogP contribution < -0.4 is 10.2 Å². The molecule has 1 unspecified atom stereocenters. The van der Waals surface area contributed by atoms with Gasteiger partial charge in [-0.05, 0) is 44.2 Å². The van der Waals surface area contributed by atoms with E-state index in [0.717, 1.165) is 35.6 Å². The first-order valence-corrected chi connectivity index (χ1v) is 8.50. The molecular weight excluding hydrogens is 286 g/mol. The molecule has 0 bridgehead atoms. The van der Waals surface area contributed by atoms with Gasteiger partial charge in [0.25, 0.3) is 0 Å². The summed E-state index contributed by atoms with van der Waals surface area (Å²) >= 11 is 0. The second-order valence-corrected chi connectivity index (χ2v) is 6.55. The highest BCUT2D eigenvalue weighted by Crippen LogP contribution is 2.33. The van der Waals surface area contributed by atoms with E-state index in [0.29, 0.717) is 11.7 Å². The maximum Gasteiger partial charge on any atom is 0.187 e. The van der Waals surface area contributed by atoms with Crippen molar-refractivity contribution >= 4 is 16.6 Å². The first kappa shape index (κ1) is 14.4. The van der Waals surface area contributed by atoms with E-state index in [4.69, 9.17) is 0 Å². The van der Waals surface area contributed by atoms with Gasteiger partial charge in [-0.2, -0.15) is 5.26 Å². The molecule has 0 saturated carbocycles. The van der Waals surface area contributed by atoms with Crippen LogP contribution in [0.5, 0.6) is 0 Å². The molecule has 2 saturated heterocycles. The molecule has 2 fully saturated rings. The fourth-order valence-electron chi connectivity index (χ4n) is 4.07. The first-order chi connectivity index (χ1) is 11.4. The van der Waals surface area contributed by atoms with E-state index in [2.05, 4.69) is 26.5 Å². The molecule has 5 heteroatoms. The number of anilines is 1. The zero-order chi connectivity index (χ0) is 15.6. The molecule has 0 amide bonds. The third-order valence-corrected chi connectivity index (χ3v) is 5.27. The molecule has 2 aromatic rings. The van der Waals surface area contributed by atoms with Gasteiger partial charge < -0.3 is 10.2 Å².